The van der Waals surface area contributed by atoms with Crippen LogP contribution < -0.4 is 5.32 Å². The first-order valence-corrected chi connectivity index (χ1v) is 6.05. The first-order chi connectivity index (χ1) is 8.38. The number of carboxylic acids is 1. The molecule has 1 rings (SSSR count). The van der Waals surface area contributed by atoms with Gasteiger partial charge >= 0.3 is 5.97 Å². The molecule has 6 heteroatoms. The molecule has 1 aromatic carbocycles. The Morgan fingerprint density at radius 1 is 1.56 bits per heavy atom. The van der Waals surface area contributed by atoms with E-state index in [1.807, 2.05) is 6.07 Å². The number of nitrogens with zero attached hydrogens (tertiary/aromatic N) is 1. The summed E-state index contributed by atoms with van der Waals surface area (Å²) >= 11 is 2.99. The minimum atomic E-state index is -0.955. The minimum Gasteiger partial charge on any atom is -0.481 e. The van der Waals surface area contributed by atoms with Gasteiger partial charge in [0.05, 0.1) is 21.6 Å². The van der Waals surface area contributed by atoms with Crippen molar-refractivity contribution in [1.29, 1.82) is 5.26 Å². The second-order valence-electron chi connectivity index (χ2n) is 3.96. The van der Waals surface area contributed by atoms with Gasteiger partial charge in [-0.1, -0.05) is 0 Å². The Labute approximate surface area is 113 Å². The standard InChI is InChI=1S/C12H12BrFN2O2/c1-6(12(17)18)7(2)16-9-4-3-8(5-15)10(13)11(9)14/h3-4,6-7,16H,1-2H3,(H,17,18). The van der Waals surface area contributed by atoms with Gasteiger partial charge in [-0.3, -0.25) is 4.79 Å². The molecule has 0 bridgehead atoms. The van der Waals surface area contributed by atoms with Crippen molar-refractivity contribution in [3.8, 4) is 6.07 Å². The number of hydrogen-bond acceptors (Lipinski definition) is 3. The number of hydrogen-bond donors (Lipinski definition) is 2. The van der Waals surface area contributed by atoms with Crippen molar-refractivity contribution < 1.29 is 14.3 Å². The summed E-state index contributed by atoms with van der Waals surface area (Å²) in [5.41, 5.74) is 0.360. The van der Waals surface area contributed by atoms with Crippen LogP contribution in [0.1, 0.15) is 19.4 Å². The van der Waals surface area contributed by atoms with E-state index in [0.717, 1.165) is 0 Å². The molecule has 96 valence electrons. The minimum absolute atomic E-state index is 0.0742. The number of carbonyl (C=O) groups is 1. The van der Waals surface area contributed by atoms with Crippen LogP contribution in [0.3, 0.4) is 0 Å². The Hall–Kier alpha value is -1.61. The van der Waals surface area contributed by atoms with Crippen LogP contribution in [0, 0.1) is 23.1 Å². The predicted molar refractivity (Wildman–Crippen MR) is 68.7 cm³/mol. The predicted octanol–water partition coefficient (Wildman–Crippen LogP) is 2.98. The lowest BCUT2D eigenvalue weighted by atomic mass is 10.0. The molecule has 2 atom stereocenters. The van der Waals surface area contributed by atoms with Gasteiger partial charge in [0.25, 0.3) is 0 Å². The van der Waals surface area contributed by atoms with Gasteiger partial charge in [-0.2, -0.15) is 5.26 Å². The van der Waals surface area contributed by atoms with E-state index < -0.39 is 23.7 Å². The van der Waals surface area contributed by atoms with Gasteiger partial charge in [0.2, 0.25) is 0 Å². The van der Waals surface area contributed by atoms with Gasteiger partial charge in [-0.25, -0.2) is 4.39 Å². The maximum Gasteiger partial charge on any atom is 0.308 e. The zero-order chi connectivity index (χ0) is 13.9. The van der Waals surface area contributed by atoms with E-state index in [0.29, 0.717) is 0 Å². The second kappa shape index (κ2) is 5.83. The van der Waals surface area contributed by atoms with Gasteiger partial charge < -0.3 is 10.4 Å². The van der Waals surface area contributed by atoms with Crippen LogP contribution in [0.15, 0.2) is 16.6 Å². The van der Waals surface area contributed by atoms with Crippen LogP contribution in [0.5, 0.6) is 0 Å². The Bertz CT molecular complexity index is 514. The number of carboxylic acid groups (broad SMARTS) is 1. The molecule has 0 fully saturated rings. The highest BCUT2D eigenvalue weighted by molar-refractivity contribution is 9.10. The van der Waals surface area contributed by atoms with Crippen molar-refractivity contribution in [3.63, 3.8) is 0 Å². The van der Waals surface area contributed by atoms with E-state index in [1.165, 1.54) is 19.1 Å². The Balaban J connectivity index is 2.97. The normalized spacial score (nSPS) is 13.5. The Morgan fingerprint density at radius 2 is 2.17 bits per heavy atom. The topological polar surface area (TPSA) is 73.1 Å². The van der Waals surface area contributed by atoms with Crippen molar-refractivity contribution in [3.05, 3.63) is 28.0 Å². The van der Waals surface area contributed by atoms with Gasteiger partial charge in [0.1, 0.15) is 6.07 Å². The lowest BCUT2D eigenvalue weighted by Crippen LogP contribution is -2.30. The van der Waals surface area contributed by atoms with E-state index in [-0.39, 0.29) is 15.7 Å². The fourth-order valence-electron chi connectivity index (χ4n) is 1.33. The van der Waals surface area contributed by atoms with Gasteiger partial charge in [-0.15, -0.1) is 0 Å². The van der Waals surface area contributed by atoms with Crippen LogP contribution in [0.25, 0.3) is 0 Å². The van der Waals surface area contributed by atoms with E-state index in [2.05, 4.69) is 21.2 Å². The maximum atomic E-state index is 13.9. The smallest absolute Gasteiger partial charge is 0.308 e. The molecule has 0 saturated carbocycles. The summed E-state index contributed by atoms with van der Waals surface area (Å²) in [5, 5.41) is 20.4. The molecule has 2 unspecified atom stereocenters. The van der Waals surface area contributed by atoms with Crippen molar-refractivity contribution >= 4 is 27.6 Å². The monoisotopic (exact) mass is 314 g/mol. The first-order valence-electron chi connectivity index (χ1n) is 5.26. The molecule has 0 aliphatic rings. The molecule has 0 aromatic heterocycles. The second-order valence-corrected chi connectivity index (χ2v) is 4.75. The third-order valence-corrected chi connectivity index (χ3v) is 3.50. The van der Waals surface area contributed by atoms with Crippen LogP contribution in [-0.4, -0.2) is 17.1 Å². The van der Waals surface area contributed by atoms with Gasteiger partial charge in [0, 0.05) is 6.04 Å². The zero-order valence-electron chi connectivity index (χ0n) is 9.87. The molecular formula is C12H12BrFN2O2. The van der Waals surface area contributed by atoms with E-state index in [1.54, 1.807) is 6.92 Å². The molecule has 0 heterocycles. The average molecular weight is 315 g/mol. The fourth-order valence-corrected chi connectivity index (χ4v) is 1.77. The van der Waals surface area contributed by atoms with Crippen LogP contribution in [-0.2, 0) is 4.79 Å². The van der Waals surface area contributed by atoms with Crippen molar-refractivity contribution in [2.45, 2.75) is 19.9 Å². The fraction of sp³-hybridized carbons (Fsp3) is 0.333. The molecule has 18 heavy (non-hydrogen) atoms. The number of aliphatic carboxylic acids is 1. The molecule has 0 aliphatic carbocycles. The zero-order valence-corrected chi connectivity index (χ0v) is 11.5. The van der Waals surface area contributed by atoms with Crippen molar-refractivity contribution in [2.24, 2.45) is 5.92 Å². The summed E-state index contributed by atoms with van der Waals surface area (Å²) in [5.74, 6) is -2.21. The van der Waals surface area contributed by atoms with Gasteiger partial charge in [-0.05, 0) is 41.9 Å². The van der Waals surface area contributed by atoms with Crippen LogP contribution in [0.2, 0.25) is 0 Å². The summed E-state index contributed by atoms with van der Waals surface area (Å²) in [4.78, 5) is 10.8. The molecule has 1 aromatic rings. The van der Waals surface area contributed by atoms with E-state index in [4.69, 9.17) is 10.4 Å². The number of rotatable bonds is 4. The van der Waals surface area contributed by atoms with Crippen LogP contribution in [0.4, 0.5) is 10.1 Å². The molecule has 0 saturated heterocycles. The lowest BCUT2D eigenvalue weighted by molar-refractivity contribution is -0.141. The molecule has 0 spiro atoms. The molecular weight excluding hydrogens is 303 g/mol. The SMILES string of the molecule is CC(Nc1ccc(C#N)c(Br)c1F)C(C)C(=O)O. The summed E-state index contributed by atoms with van der Waals surface area (Å²) < 4.78 is 13.9. The average Bonchev–Trinajstić information content (AvgIpc) is 2.34. The van der Waals surface area contributed by atoms with Crippen LogP contribution >= 0.6 is 15.9 Å². The number of halogens is 2. The first kappa shape index (κ1) is 14.5. The molecule has 2 N–H and O–H groups in total. The highest BCUT2D eigenvalue weighted by atomic mass is 79.9. The van der Waals surface area contributed by atoms with Gasteiger partial charge in [0.15, 0.2) is 5.82 Å². The third-order valence-electron chi connectivity index (χ3n) is 2.73. The number of nitrogens with one attached hydrogen (secondary N) is 1. The number of nitriles is 1. The highest BCUT2D eigenvalue weighted by Gasteiger charge is 2.21. The number of anilines is 1. The van der Waals surface area contributed by atoms with Crippen molar-refractivity contribution in [1.82, 2.24) is 0 Å². The Kier molecular flexibility index (Phi) is 4.68. The summed E-state index contributed by atoms with van der Waals surface area (Å²) in [6.07, 6.45) is 0. The largest absolute Gasteiger partial charge is 0.481 e. The lowest BCUT2D eigenvalue weighted by Gasteiger charge is -2.19. The highest BCUT2D eigenvalue weighted by Crippen LogP contribution is 2.27. The molecule has 0 aliphatic heterocycles. The summed E-state index contributed by atoms with van der Waals surface area (Å²) in [6, 6.07) is 4.30. The van der Waals surface area contributed by atoms with E-state index in [9.17, 15) is 9.18 Å². The van der Waals surface area contributed by atoms with E-state index >= 15 is 0 Å². The summed E-state index contributed by atoms with van der Waals surface area (Å²) in [6.45, 7) is 3.20. The number of benzene rings is 1. The quantitative estimate of drug-likeness (QED) is 0.896. The molecule has 0 radical (unpaired) electrons. The maximum absolute atomic E-state index is 13.9. The third kappa shape index (κ3) is 2.99. The summed E-state index contributed by atoms with van der Waals surface area (Å²) in [7, 11) is 0. The Morgan fingerprint density at radius 3 is 2.67 bits per heavy atom. The molecule has 0 amide bonds. The molecule has 4 nitrogen and oxygen atoms in total. The van der Waals surface area contributed by atoms with Crippen molar-refractivity contribution in [2.75, 3.05) is 5.32 Å².